The molecule has 0 bridgehead atoms. The number of benzene rings is 1. The molecule has 39 heteroatoms. The van der Waals surface area contributed by atoms with Crippen molar-refractivity contribution in [2.75, 3.05) is 116 Å². The molecular weight excluding hydrogens is 1980 g/mol. The van der Waals surface area contributed by atoms with Crippen LogP contribution in [0.1, 0.15) is 151 Å². The Hall–Kier alpha value is -6.79. The molecule has 14 rings (SSSR count). The standard InChI is InChI=1S/C22H24ClN5O3S.C16H20BrClN2O3.C14H16BrClN4O.C13H16BrClN2O2.C13H23NO4.C5H2BrCl2N/c1-3-19-22(21(29)26-25-19)6-8-28(9-7-22)20-16(11-24-12-17(20)23)14-4-5-18-15(10-14)13-32(30,31)27(18)2;1-3-13(21)16(15(22)23-4-2)5-7-20(8-6-16)14-11(17)9-19-10-12(14)18;1-2-11-14(13(21)19-18-11)3-5-20(6-4-14)12-9(15)7-17-8-10(12)16;1-2-19-13(18)9-3-5-17(6-4-9)12-10(14)7-16-8-11(12)15;1-5-17-11(15)10-6-8-14(9-7-10)12(16)18-13(2,3)4;6-3-1-9-2-4(7)5(3)8/h4-5,10-12H,3,6-9,13H2,1-2H3,(H,26,29);9-10H,3-8H2,1-2H3;7-8H,2-6H2,1H3,(H,19,21);7-9H,2-6H2,1H3;10H,5-9H2,1-4H3;1-2H. The minimum Gasteiger partial charge on any atom is -0.466 e. The highest BCUT2D eigenvalue weighted by Crippen LogP contribution is 2.48. The van der Waals surface area contributed by atoms with Crippen LogP contribution in [-0.4, -0.2) is 189 Å². The predicted octanol–water partition coefficient (Wildman–Crippen LogP) is 18.4. The number of rotatable bonds is 15. The molecule has 13 heterocycles. The number of ketones is 1. The minimum atomic E-state index is -3.32. The zero-order valence-electron chi connectivity index (χ0n) is 69.6. The summed E-state index contributed by atoms with van der Waals surface area (Å²) in [5, 5.41) is 11.8. The van der Waals surface area contributed by atoms with Crippen molar-refractivity contribution in [3.05, 3.63) is 134 Å². The molecule has 5 saturated heterocycles. The Morgan fingerprint density at radius 1 is 0.508 bits per heavy atom. The van der Waals surface area contributed by atoms with E-state index in [9.17, 15) is 42.0 Å². The lowest BCUT2D eigenvalue weighted by Crippen LogP contribution is -2.49. The topological polar surface area (TPSA) is 323 Å². The van der Waals surface area contributed by atoms with E-state index in [1.54, 1.807) is 88.5 Å². The molecule has 2 spiro atoms. The van der Waals surface area contributed by atoms with Gasteiger partial charge in [0.05, 0.1) is 136 Å². The normalized spacial score (nSPS) is 18.1. The van der Waals surface area contributed by atoms with Crippen LogP contribution in [0.5, 0.6) is 0 Å². The summed E-state index contributed by atoms with van der Waals surface area (Å²) in [6, 6.07) is 5.65. The summed E-state index contributed by atoms with van der Waals surface area (Å²) in [5.74, 6) is -0.737. The predicted molar refractivity (Wildman–Crippen MR) is 493 cm³/mol. The van der Waals surface area contributed by atoms with Gasteiger partial charge in [-0.3, -0.25) is 58.0 Å². The summed E-state index contributed by atoms with van der Waals surface area (Å²) in [7, 11) is -1.74. The van der Waals surface area contributed by atoms with Crippen LogP contribution in [0.3, 0.4) is 0 Å². The number of hydrogen-bond donors (Lipinski definition) is 2. The van der Waals surface area contributed by atoms with E-state index in [0.29, 0.717) is 133 Å². The highest BCUT2D eigenvalue weighted by atomic mass is 79.9. The number of aromatic nitrogens is 5. The molecule has 0 aliphatic carbocycles. The van der Waals surface area contributed by atoms with E-state index in [4.69, 9.17) is 88.6 Å². The monoisotopic (exact) mass is 2070 g/mol. The number of nitrogens with one attached hydrogen (secondary N) is 2. The second-order valence-electron chi connectivity index (χ2n) is 30.8. The number of esters is 3. The van der Waals surface area contributed by atoms with Gasteiger partial charge in [0.25, 0.3) is 11.8 Å². The lowest BCUT2D eigenvalue weighted by molar-refractivity contribution is -0.162. The van der Waals surface area contributed by atoms with Crippen LogP contribution in [0.25, 0.3) is 11.1 Å². The first-order chi connectivity index (χ1) is 58.0. The molecule has 28 nitrogen and oxygen atoms in total. The molecule has 662 valence electrons. The fraction of sp³-hybridized carbons (Fsp3) is 0.518. The van der Waals surface area contributed by atoms with Crippen molar-refractivity contribution in [2.45, 2.75) is 157 Å². The number of anilines is 5. The molecule has 122 heavy (non-hydrogen) atoms. The van der Waals surface area contributed by atoms with E-state index in [1.807, 2.05) is 59.7 Å². The molecule has 3 amide bonds. The number of sulfonamides is 1. The number of carbonyl (C=O) groups excluding carboxylic acids is 7. The number of piperidine rings is 5. The number of pyridine rings is 5. The van der Waals surface area contributed by atoms with E-state index in [2.05, 4.69) is 129 Å². The summed E-state index contributed by atoms with van der Waals surface area (Å²) < 4.78 is 49.7. The second kappa shape index (κ2) is 44.6. The Morgan fingerprint density at radius 3 is 1.29 bits per heavy atom. The molecule has 8 aliphatic heterocycles. The van der Waals surface area contributed by atoms with Gasteiger partial charge in [-0.25, -0.2) is 24.1 Å². The van der Waals surface area contributed by atoms with E-state index >= 15 is 0 Å². The summed E-state index contributed by atoms with van der Waals surface area (Å²) in [6.07, 6.45) is 24.7. The van der Waals surface area contributed by atoms with E-state index < -0.39 is 37.8 Å². The fourth-order valence-electron chi connectivity index (χ4n) is 15.9. The third-order valence-electron chi connectivity index (χ3n) is 22.4. The van der Waals surface area contributed by atoms with Crippen LogP contribution in [-0.2, 0) is 63.5 Å². The first-order valence-corrected chi connectivity index (χ1v) is 47.3. The highest BCUT2D eigenvalue weighted by Gasteiger charge is 2.51. The lowest BCUT2D eigenvalue weighted by atomic mass is 9.73. The molecule has 5 aromatic heterocycles. The third kappa shape index (κ3) is 23.7. The van der Waals surface area contributed by atoms with Crippen molar-refractivity contribution in [3.8, 4) is 11.1 Å². The fourth-order valence-corrected chi connectivity index (χ4v) is 21.1. The number of fused-ring (bicyclic) bond motifs is 1. The third-order valence-corrected chi connectivity index (χ3v) is 28.6. The van der Waals surface area contributed by atoms with Gasteiger partial charge in [0.1, 0.15) is 16.8 Å². The van der Waals surface area contributed by atoms with Gasteiger partial charge in [0.2, 0.25) is 10.0 Å². The van der Waals surface area contributed by atoms with Gasteiger partial charge in [0.15, 0.2) is 0 Å². The molecular formula is C83H101Br4Cl6N15O13S. The number of likely N-dealkylation sites (tertiary alicyclic amines) is 1. The lowest BCUT2D eigenvalue weighted by Gasteiger charge is -2.40. The quantitative estimate of drug-likeness (QED) is 0.0548. The van der Waals surface area contributed by atoms with Gasteiger partial charge in [0, 0.05) is 146 Å². The zero-order chi connectivity index (χ0) is 89.2. The molecule has 0 radical (unpaired) electrons. The largest absolute Gasteiger partial charge is 0.466 e. The van der Waals surface area contributed by atoms with Crippen LogP contribution < -0.4 is 34.8 Å². The summed E-state index contributed by atoms with van der Waals surface area (Å²) >= 11 is 50.2. The number of hydrazone groups is 2. The van der Waals surface area contributed by atoms with Gasteiger partial charge in [-0.05, 0) is 206 Å². The molecule has 0 atom stereocenters. The number of ether oxygens (including phenoxy) is 4. The number of hydrogen-bond acceptors (Lipinski definition) is 24. The van der Waals surface area contributed by atoms with Gasteiger partial charge in [-0.15, -0.1) is 0 Å². The highest BCUT2D eigenvalue weighted by molar-refractivity contribution is 9.11. The smallest absolute Gasteiger partial charge is 0.410 e. The maximum absolute atomic E-state index is 12.6. The van der Waals surface area contributed by atoms with Gasteiger partial charge < -0.3 is 43.4 Å². The van der Waals surface area contributed by atoms with Crippen LogP contribution in [0.2, 0.25) is 30.1 Å². The van der Waals surface area contributed by atoms with Crippen molar-refractivity contribution >= 4 is 225 Å². The van der Waals surface area contributed by atoms with Crippen LogP contribution in [0.4, 0.5) is 33.2 Å². The molecule has 2 N–H and O–H groups in total. The molecule has 0 unspecified atom stereocenters. The summed E-state index contributed by atoms with van der Waals surface area (Å²) in [4.78, 5) is 115. The summed E-state index contributed by atoms with van der Waals surface area (Å²) in [6.45, 7) is 24.6. The number of Topliss-reactive ketones (excluding diaryl/α,β-unsaturated/α-hetero) is 1. The SMILES string of the molecule is CCC1=NNC(=O)C12CCN(c1c(Cl)cncc1-c1ccc3c(c1)CS(=O)(=O)N3C)CC2.CCC1=NNC(=O)C12CCN(c1c(Cl)cncc1Br)CC2.CCOC(=O)C1(C(=O)CC)CCN(c2c(Cl)cncc2Br)CC1.CCOC(=O)C1CCN(C(=O)OC(C)(C)C)CC1.CCOC(=O)C1CCN(c2c(Cl)cncc2Br)CC1.Clc1cncc(Br)c1Cl. The van der Waals surface area contributed by atoms with E-state index in [1.165, 1.54) is 10.5 Å². The van der Waals surface area contributed by atoms with Crippen LogP contribution in [0, 0.1) is 28.1 Å². The first-order valence-electron chi connectivity index (χ1n) is 40.3. The van der Waals surface area contributed by atoms with Gasteiger partial charge in [-0.1, -0.05) is 96.4 Å². The van der Waals surface area contributed by atoms with Crippen molar-refractivity contribution in [1.82, 2.24) is 40.7 Å². The molecule has 1 aromatic carbocycles. The van der Waals surface area contributed by atoms with Crippen LogP contribution >= 0.6 is 133 Å². The number of halogens is 10. The van der Waals surface area contributed by atoms with Crippen molar-refractivity contribution < 1.29 is 60.9 Å². The maximum atomic E-state index is 12.6. The average molecular weight is 2080 g/mol. The van der Waals surface area contributed by atoms with E-state index in [-0.39, 0.29) is 59.8 Å². The maximum Gasteiger partial charge on any atom is 0.410 e. The van der Waals surface area contributed by atoms with Crippen molar-refractivity contribution in [1.29, 1.82) is 0 Å². The second-order valence-corrected chi connectivity index (χ2v) is 38.6. The van der Waals surface area contributed by atoms with E-state index in [0.717, 1.165) is 133 Å². The zero-order valence-corrected chi connectivity index (χ0v) is 81.3. The molecule has 0 saturated carbocycles. The Kier molecular flexibility index (Phi) is 36.2. The Labute approximate surface area is 776 Å². The summed E-state index contributed by atoms with van der Waals surface area (Å²) in [5.41, 5.74) is 11.6. The van der Waals surface area contributed by atoms with Crippen LogP contribution in [0.15, 0.2) is 108 Å². The molecule has 6 aromatic rings. The van der Waals surface area contributed by atoms with Crippen molar-refractivity contribution in [3.63, 3.8) is 0 Å². The Morgan fingerprint density at radius 2 is 0.893 bits per heavy atom. The number of carbonyl (C=O) groups is 7. The number of nitrogens with zero attached hydrogens (tertiary/aromatic N) is 13. The first kappa shape index (κ1) is 99.0. The van der Waals surface area contributed by atoms with Gasteiger partial charge in [-0.2, -0.15) is 10.2 Å². The Bertz CT molecular complexity index is 4860. The van der Waals surface area contributed by atoms with Crippen molar-refractivity contribution in [2.24, 2.45) is 38.3 Å². The molecule has 8 aliphatic rings. The van der Waals surface area contributed by atoms with Gasteiger partial charge >= 0.3 is 24.0 Å². The molecule has 5 fully saturated rings. The average Bonchev–Trinajstić information content (AvgIpc) is 1.66. The number of amides is 3. The minimum absolute atomic E-state index is 0.00980. The Balaban J connectivity index is 0.000000171.